The van der Waals surface area contributed by atoms with Crippen molar-refractivity contribution in [3.05, 3.63) is 0 Å². The van der Waals surface area contributed by atoms with Gasteiger partial charge in [-0.2, -0.15) is 0 Å². The average molecular weight is 372 g/mol. The Labute approximate surface area is 158 Å². The number of carbonyl (C=O) groups excluding carboxylic acids is 2. The van der Waals surface area contributed by atoms with Gasteiger partial charge in [-0.3, -0.25) is 9.59 Å². The monoisotopic (exact) mass is 371 g/mol. The topological polar surface area (TPSA) is 84.9 Å². The van der Waals surface area contributed by atoms with Crippen molar-refractivity contribution in [2.24, 2.45) is 11.8 Å². The molecular formula is C20H37NO5. The van der Waals surface area contributed by atoms with Gasteiger partial charge in [0.1, 0.15) is 6.04 Å². The van der Waals surface area contributed by atoms with Crippen molar-refractivity contribution in [3.63, 3.8) is 0 Å². The summed E-state index contributed by atoms with van der Waals surface area (Å²) in [5, 5.41) is 12.5. The Balaban J connectivity index is 2.56. The van der Waals surface area contributed by atoms with Crippen LogP contribution in [-0.4, -0.2) is 48.4 Å². The van der Waals surface area contributed by atoms with Crippen molar-refractivity contribution < 1.29 is 24.2 Å². The Bertz CT molecular complexity index is 420. The first-order valence-corrected chi connectivity index (χ1v) is 10.1. The van der Waals surface area contributed by atoms with Gasteiger partial charge in [0, 0.05) is 6.61 Å². The van der Waals surface area contributed by atoms with Crippen LogP contribution in [0.3, 0.4) is 0 Å². The predicted molar refractivity (Wildman–Crippen MR) is 101 cm³/mol. The van der Waals surface area contributed by atoms with Gasteiger partial charge in [0.05, 0.1) is 18.6 Å². The molecule has 0 aromatic carbocycles. The minimum atomic E-state index is -0.670. The number of hydrogen-bond acceptors (Lipinski definition) is 6. The van der Waals surface area contributed by atoms with E-state index in [0.29, 0.717) is 18.4 Å². The highest BCUT2D eigenvalue weighted by atomic mass is 16.6. The van der Waals surface area contributed by atoms with Gasteiger partial charge in [0.25, 0.3) is 0 Å². The first-order valence-electron chi connectivity index (χ1n) is 10.1. The molecule has 1 rings (SSSR count). The first kappa shape index (κ1) is 22.9. The molecule has 0 heterocycles. The molecule has 1 aliphatic carbocycles. The zero-order valence-corrected chi connectivity index (χ0v) is 16.8. The second-order valence-corrected chi connectivity index (χ2v) is 7.60. The minimum absolute atomic E-state index is 0.00834. The molecule has 0 bridgehead atoms. The van der Waals surface area contributed by atoms with E-state index in [1.54, 1.807) is 0 Å². The Morgan fingerprint density at radius 3 is 2.08 bits per heavy atom. The second kappa shape index (κ2) is 12.3. The average Bonchev–Trinajstić information content (AvgIpc) is 2.64. The fraction of sp³-hybridized carbons (Fsp3) is 0.900. The van der Waals surface area contributed by atoms with Gasteiger partial charge in [-0.25, -0.2) is 0 Å². The van der Waals surface area contributed by atoms with E-state index in [9.17, 15) is 14.7 Å². The number of carbonyl (C=O) groups is 2. The van der Waals surface area contributed by atoms with Crippen molar-refractivity contribution in [1.29, 1.82) is 0 Å². The lowest BCUT2D eigenvalue weighted by molar-refractivity contribution is -0.157. The molecule has 0 aliphatic heterocycles. The Morgan fingerprint density at radius 2 is 1.54 bits per heavy atom. The minimum Gasteiger partial charge on any atom is -0.463 e. The molecule has 152 valence electrons. The summed E-state index contributed by atoms with van der Waals surface area (Å²) in [6, 6.07) is -0.670. The van der Waals surface area contributed by atoms with E-state index in [-0.39, 0.29) is 37.2 Å². The van der Waals surface area contributed by atoms with Gasteiger partial charge in [-0.05, 0) is 70.8 Å². The summed E-state index contributed by atoms with van der Waals surface area (Å²) in [6.45, 7) is 8.53. The third-order valence-corrected chi connectivity index (χ3v) is 5.33. The molecule has 3 unspecified atom stereocenters. The van der Waals surface area contributed by atoms with Crippen LogP contribution in [0.25, 0.3) is 0 Å². The van der Waals surface area contributed by atoms with Crippen LogP contribution in [0.15, 0.2) is 0 Å². The summed E-state index contributed by atoms with van der Waals surface area (Å²) in [5.41, 5.74) is 0. The standard InChI is InChI=1S/C20H37NO5/c1-5-14(3)25-19(23)11-18(20(24)26-15(4)6-2)21-12-16-7-9-17(13-22)10-8-16/h14-18,21-22H,5-13H2,1-4H3. The SMILES string of the molecule is CCC(C)OC(=O)CC(NCC1CCC(CO)CC1)C(=O)OC(C)CC. The van der Waals surface area contributed by atoms with Gasteiger partial charge < -0.3 is 19.9 Å². The first-order chi connectivity index (χ1) is 12.4. The van der Waals surface area contributed by atoms with Crippen LogP contribution in [0.2, 0.25) is 0 Å². The molecule has 1 fully saturated rings. The molecule has 1 saturated carbocycles. The van der Waals surface area contributed by atoms with Crippen LogP contribution in [0.1, 0.15) is 72.6 Å². The lowest BCUT2D eigenvalue weighted by Gasteiger charge is -2.29. The Kier molecular flexibility index (Phi) is 10.8. The molecule has 3 atom stereocenters. The van der Waals surface area contributed by atoms with Crippen molar-refractivity contribution >= 4 is 11.9 Å². The number of esters is 2. The third kappa shape index (κ3) is 8.49. The number of nitrogens with one attached hydrogen (secondary N) is 1. The van der Waals surface area contributed by atoms with Crippen LogP contribution >= 0.6 is 0 Å². The van der Waals surface area contributed by atoms with Crippen LogP contribution in [0.5, 0.6) is 0 Å². The Morgan fingerprint density at radius 1 is 1.00 bits per heavy atom. The number of rotatable bonds is 11. The van der Waals surface area contributed by atoms with Crippen LogP contribution in [0, 0.1) is 11.8 Å². The predicted octanol–water partition coefficient (Wildman–Crippen LogP) is 2.82. The van der Waals surface area contributed by atoms with Crippen LogP contribution < -0.4 is 5.32 Å². The van der Waals surface area contributed by atoms with Gasteiger partial charge in [-0.15, -0.1) is 0 Å². The summed E-state index contributed by atoms with van der Waals surface area (Å²) in [4.78, 5) is 24.6. The van der Waals surface area contributed by atoms with Crippen LogP contribution in [-0.2, 0) is 19.1 Å². The third-order valence-electron chi connectivity index (χ3n) is 5.33. The highest BCUT2D eigenvalue weighted by Crippen LogP contribution is 2.28. The highest BCUT2D eigenvalue weighted by Gasteiger charge is 2.28. The lowest BCUT2D eigenvalue weighted by atomic mass is 9.82. The van der Waals surface area contributed by atoms with E-state index < -0.39 is 6.04 Å². The molecule has 0 spiro atoms. The van der Waals surface area contributed by atoms with Gasteiger partial charge in [0.15, 0.2) is 0 Å². The smallest absolute Gasteiger partial charge is 0.324 e. The summed E-state index contributed by atoms with van der Waals surface area (Å²) < 4.78 is 10.7. The molecule has 0 amide bonds. The van der Waals surface area contributed by atoms with Gasteiger partial charge in [-0.1, -0.05) is 13.8 Å². The molecule has 0 aromatic heterocycles. The molecule has 6 nitrogen and oxygen atoms in total. The van der Waals surface area contributed by atoms with E-state index in [4.69, 9.17) is 9.47 Å². The fourth-order valence-corrected chi connectivity index (χ4v) is 3.05. The van der Waals surface area contributed by atoms with E-state index in [2.05, 4.69) is 5.32 Å². The number of hydrogen-bond donors (Lipinski definition) is 2. The number of aliphatic hydroxyl groups excluding tert-OH is 1. The van der Waals surface area contributed by atoms with Gasteiger partial charge in [0.2, 0.25) is 0 Å². The number of aliphatic hydroxyl groups is 1. The van der Waals surface area contributed by atoms with Crippen molar-refractivity contribution in [2.75, 3.05) is 13.2 Å². The van der Waals surface area contributed by atoms with E-state index >= 15 is 0 Å². The molecule has 2 N–H and O–H groups in total. The zero-order valence-electron chi connectivity index (χ0n) is 16.8. The Hall–Kier alpha value is -1.14. The maximum Gasteiger partial charge on any atom is 0.324 e. The molecule has 0 saturated heterocycles. The molecule has 6 heteroatoms. The maximum absolute atomic E-state index is 12.4. The fourth-order valence-electron chi connectivity index (χ4n) is 3.05. The quantitative estimate of drug-likeness (QED) is 0.543. The molecule has 26 heavy (non-hydrogen) atoms. The van der Waals surface area contributed by atoms with E-state index in [1.807, 2.05) is 27.7 Å². The van der Waals surface area contributed by atoms with Crippen molar-refractivity contribution in [2.45, 2.75) is 90.9 Å². The number of ether oxygens (including phenoxy) is 2. The summed E-state index contributed by atoms with van der Waals surface area (Å²) in [5.74, 6) is 0.108. The summed E-state index contributed by atoms with van der Waals surface area (Å²) in [6.07, 6.45) is 5.24. The van der Waals surface area contributed by atoms with Gasteiger partial charge >= 0.3 is 11.9 Å². The lowest BCUT2D eigenvalue weighted by Crippen LogP contribution is -2.44. The van der Waals surface area contributed by atoms with E-state index in [1.165, 1.54) is 0 Å². The highest BCUT2D eigenvalue weighted by molar-refractivity contribution is 5.82. The zero-order chi connectivity index (χ0) is 19.5. The molecule has 1 aliphatic rings. The van der Waals surface area contributed by atoms with Crippen LogP contribution in [0.4, 0.5) is 0 Å². The van der Waals surface area contributed by atoms with E-state index in [0.717, 1.165) is 38.5 Å². The maximum atomic E-state index is 12.4. The largest absolute Gasteiger partial charge is 0.463 e. The second-order valence-electron chi connectivity index (χ2n) is 7.60. The molecule has 0 radical (unpaired) electrons. The van der Waals surface area contributed by atoms with Crippen molar-refractivity contribution in [3.8, 4) is 0 Å². The normalized spacial score (nSPS) is 23.7. The molecular weight excluding hydrogens is 334 g/mol. The summed E-state index contributed by atoms with van der Waals surface area (Å²) >= 11 is 0. The van der Waals surface area contributed by atoms with Crippen molar-refractivity contribution in [1.82, 2.24) is 5.32 Å². The summed E-state index contributed by atoms with van der Waals surface area (Å²) in [7, 11) is 0. The molecule has 0 aromatic rings.